The van der Waals surface area contributed by atoms with E-state index in [9.17, 15) is 13.6 Å². The Balaban J connectivity index is 2.24. The van der Waals surface area contributed by atoms with Crippen LogP contribution in [-0.4, -0.2) is 12.9 Å². The van der Waals surface area contributed by atoms with Gasteiger partial charge in [-0.15, -0.1) is 0 Å². The van der Waals surface area contributed by atoms with Gasteiger partial charge in [0.15, 0.2) is 17.3 Å². The van der Waals surface area contributed by atoms with E-state index in [1.807, 2.05) is 0 Å². The summed E-state index contributed by atoms with van der Waals surface area (Å²) in [4.78, 5) is 12.1. The van der Waals surface area contributed by atoms with Crippen LogP contribution in [0.2, 0.25) is 0 Å². The van der Waals surface area contributed by atoms with Crippen LogP contribution in [0.25, 0.3) is 0 Å². The molecule has 0 N–H and O–H groups in total. The fourth-order valence-electron chi connectivity index (χ4n) is 1.80. The molecule has 0 saturated carbocycles. The van der Waals surface area contributed by atoms with Gasteiger partial charge in [0.2, 0.25) is 0 Å². The average molecular weight is 341 g/mol. The third-order valence-electron chi connectivity index (χ3n) is 2.86. The van der Waals surface area contributed by atoms with Crippen LogP contribution in [-0.2, 0) is 6.42 Å². The van der Waals surface area contributed by atoms with Gasteiger partial charge in [-0.25, -0.2) is 8.78 Å². The number of rotatable bonds is 4. The fourth-order valence-corrected chi connectivity index (χ4v) is 2.20. The molecular weight excluding hydrogens is 330 g/mol. The molecule has 5 heteroatoms. The zero-order chi connectivity index (χ0) is 14.7. The normalized spacial score (nSPS) is 10.4. The second-order valence-corrected chi connectivity index (χ2v) is 4.96. The van der Waals surface area contributed by atoms with Crippen LogP contribution in [0.3, 0.4) is 0 Å². The molecule has 0 bridgehead atoms. The van der Waals surface area contributed by atoms with Crippen LogP contribution < -0.4 is 4.74 Å². The summed E-state index contributed by atoms with van der Waals surface area (Å²) >= 11 is 3.10. The first-order chi connectivity index (χ1) is 9.52. The van der Waals surface area contributed by atoms with E-state index < -0.39 is 11.6 Å². The topological polar surface area (TPSA) is 26.3 Å². The van der Waals surface area contributed by atoms with Crippen molar-refractivity contribution in [2.75, 3.05) is 7.11 Å². The second kappa shape index (κ2) is 6.13. The zero-order valence-corrected chi connectivity index (χ0v) is 12.2. The number of ketones is 1. The molecule has 0 aliphatic heterocycles. The van der Waals surface area contributed by atoms with E-state index in [1.54, 1.807) is 6.07 Å². The van der Waals surface area contributed by atoms with E-state index in [2.05, 4.69) is 15.9 Å². The molecule has 0 saturated heterocycles. The quantitative estimate of drug-likeness (QED) is 0.781. The maximum absolute atomic E-state index is 13.5. The van der Waals surface area contributed by atoms with Crippen LogP contribution in [0.15, 0.2) is 40.9 Å². The van der Waals surface area contributed by atoms with Crippen LogP contribution in [0.5, 0.6) is 5.75 Å². The van der Waals surface area contributed by atoms with E-state index in [1.165, 1.54) is 31.4 Å². The van der Waals surface area contributed by atoms with Crippen LogP contribution >= 0.6 is 15.9 Å². The van der Waals surface area contributed by atoms with Crippen LogP contribution in [0.4, 0.5) is 8.78 Å². The van der Waals surface area contributed by atoms with Crippen molar-refractivity contribution >= 4 is 21.7 Å². The number of ether oxygens (including phenoxy) is 1. The van der Waals surface area contributed by atoms with E-state index in [0.29, 0.717) is 5.56 Å². The summed E-state index contributed by atoms with van der Waals surface area (Å²) in [6.07, 6.45) is -0.00981. The minimum atomic E-state index is -0.600. The number of carbonyl (C=O) groups is 1. The zero-order valence-electron chi connectivity index (χ0n) is 10.6. The highest BCUT2D eigenvalue weighted by molar-refractivity contribution is 9.10. The third kappa shape index (κ3) is 3.04. The number of Topliss-reactive ketones (excluding diaryl/α,β-unsaturated/α-hetero) is 1. The van der Waals surface area contributed by atoms with E-state index in [0.717, 1.165) is 6.07 Å². The smallest absolute Gasteiger partial charge is 0.167 e. The molecule has 2 aromatic carbocycles. The fraction of sp³-hybridized carbons (Fsp3) is 0.133. The molecule has 0 fully saturated rings. The Bertz CT molecular complexity index is 656. The maximum Gasteiger partial charge on any atom is 0.167 e. The summed E-state index contributed by atoms with van der Waals surface area (Å²) in [5, 5.41) is 0. The highest BCUT2D eigenvalue weighted by Gasteiger charge is 2.13. The molecule has 0 radical (unpaired) electrons. The summed E-state index contributed by atoms with van der Waals surface area (Å²) in [6, 6.07) is 8.46. The first-order valence-corrected chi connectivity index (χ1v) is 6.62. The Labute approximate surface area is 123 Å². The number of carbonyl (C=O) groups excluding carboxylic acids is 1. The molecular formula is C15H11BrF2O2. The largest absolute Gasteiger partial charge is 0.494 e. The maximum atomic E-state index is 13.5. The number of hydrogen-bond donors (Lipinski definition) is 0. The van der Waals surface area contributed by atoms with Gasteiger partial charge in [0.1, 0.15) is 5.82 Å². The van der Waals surface area contributed by atoms with Crippen LogP contribution in [0.1, 0.15) is 15.9 Å². The second-order valence-electron chi connectivity index (χ2n) is 4.16. The predicted octanol–water partition coefficient (Wildman–Crippen LogP) is 4.16. The molecule has 0 aliphatic carbocycles. The summed E-state index contributed by atoms with van der Waals surface area (Å²) in [5.41, 5.74) is 0.741. The van der Waals surface area contributed by atoms with Gasteiger partial charge in [0.25, 0.3) is 0 Å². The van der Waals surface area contributed by atoms with Crippen molar-refractivity contribution in [3.63, 3.8) is 0 Å². The molecule has 2 aromatic rings. The standard InChI is InChI=1S/C15H11BrF2O2/c1-20-14-6-5-9(7-12(14)18)13(19)8-10-3-2-4-11(17)15(10)16/h2-7H,8H2,1H3. The summed E-state index contributed by atoms with van der Waals surface area (Å²) in [7, 11) is 1.35. The molecule has 0 atom stereocenters. The molecule has 0 aromatic heterocycles. The molecule has 0 unspecified atom stereocenters. The van der Waals surface area contributed by atoms with Gasteiger partial charge in [-0.2, -0.15) is 0 Å². The Kier molecular flexibility index (Phi) is 4.49. The van der Waals surface area contributed by atoms with Gasteiger partial charge in [0, 0.05) is 12.0 Å². The van der Waals surface area contributed by atoms with Gasteiger partial charge in [-0.1, -0.05) is 12.1 Å². The molecule has 0 heterocycles. The minimum Gasteiger partial charge on any atom is -0.494 e. The van der Waals surface area contributed by atoms with Crippen molar-refractivity contribution in [3.8, 4) is 5.75 Å². The molecule has 20 heavy (non-hydrogen) atoms. The van der Waals surface area contributed by atoms with Crippen molar-refractivity contribution in [1.29, 1.82) is 0 Å². The van der Waals surface area contributed by atoms with Gasteiger partial charge in [0.05, 0.1) is 11.6 Å². The van der Waals surface area contributed by atoms with Crippen molar-refractivity contribution < 1.29 is 18.3 Å². The van der Waals surface area contributed by atoms with E-state index in [4.69, 9.17) is 4.74 Å². The van der Waals surface area contributed by atoms with Crippen molar-refractivity contribution in [1.82, 2.24) is 0 Å². The molecule has 104 valence electrons. The van der Waals surface area contributed by atoms with E-state index >= 15 is 0 Å². The Hall–Kier alpha value is -1.75. The van der Waals surface area contributed by atoms with Crippen LogP contribution in [0, 0.1) is 11.6 Å². The van der Waals surface area contributed by atoms with E-state index in [-0.39, 0.29) is 28.0 Å². The third-order valence-corrected chi connectivity index (χ3v) is 3.74. The number of methoxy groups -OCH3 is 1. The SMILES string of the molecule is COc1ccc(C(=O)Cc2cccc(F)c2Br)cc1F. The molecule has 0 spiro atoms. The monoisotopic (exact) mass is 340 g/mol. The van der Waals surface area contributed by atoms with Crippen molar-refractivity contribution in [2.24, 2.45) is 0 Å². The Morgan fingerprint density at radius 3 is 2.60 bits per heavy atom. The van der Waals surface area contributed by atoms with Crippen molar-refractivity contribution in [3.05, 3.63) is 63.6 Å². The first kappa shape index (κ1) is 14.7. The molecule has 0 amide bonds. The highest BCUT2D eigenvalue weighted by Crippen LogP contribution is 2.23. The van der Waals surface area contributed by atoms with Gasteiger partial charge in [-0.05, 0) is 45.8 Å². The lowest BCUT2D eigenvalue weighted by molar-refractivity contribution is 0.0992. The van der Waals surface area contributed by atoms with Crippen molar-refractivity contribution in [2.45, 2.75) is 6.42 Å². The number of benzene rings is 2. The number of halogens is 3. The summed E-state index contributed by atoms with van der Waals surface area (Å²) < 4.78 is 31.9. The van der Waals surface area contributed by atoms with Gasteiger partial charge in [-0.3, -0.25) is 4.79 Å². The minimum absolute atomic E-state index is 0.00981. The average Bonchev–Trinajstić information content (AvgIpc) is 2.43. The van der Waals surface area contributed by atoms with Gasteiger partial charge >= 0.3 is 0 Å². The lowest BCUT2D eigenvalue weighted by Crippen LogP contribution is -2.05. The summed E-state index contributed by atoms with van der Waals surface area (Å²) in [5.74, 6) is -1.25. The van der Waals surface area contributed by atoms with Gasteiger partial charge < -0.3 is 4.74 Å². The Morgan fingerprint density at radius 2 is 1.95 bits per heavy atom. The number of hydrogen-bond acceptors (Lipinski definition) is 2. The lowest BCUT2D eigenvalue weighted by atomic mass is 10.0. The molecule has 2 rings (SSSR count). The lowest BCUT2D eigenvalue weighted by Gasteiger charge is -2.06. The summed E-state index contributed by atoms with van der Waals surface area (Å²) in [6.45, 7) is 0. The molecule has 0 aliphatic rings. The highest BCUT2D eigenvalue weighted by atomic mass is 79.9. The first-order valence-electron chi connectivity index (χ1n) is 5.82. The Morgan fingerprint density at radius 1 is 1.20 bits per heavy atom. The molecule has 2 nitrogen and oxygen atoms in total. The predicted molar refractivity (Wildman–Crippen MR) is 75.1 cm³/mol.